The lowest BCUT2D eigenvalue weighted by Gasteiger charge is -2.64. The molecule has 6 atom stereocenters. The summed E-state index contributed by atoms with van der Waals surface area (Å²) in [5, 5.41) is 8.99. The first-order valence-corrected chi connectivity index (χ1v) is 19.0. The van der Waals surface area contributed by atoms with E-state index in [-0.39, 0.29) is 35.8 Å². The van der Waals surface area contributed by atoms with Crippen LogP contribution in [0.1, 0.15) is 99.9 Å². The Balaban J connectivity index is 1.17. The fraction of sp³-hybridized carbons (Fsp3) is 0.641. The number of aryl methyl sites for hydroxylation is 1. The van der Waals surface area contributed by atoms with Crippen LogP contribution < -0.4 is 20.9 Å². The van der Waals surface area contributed by atoms with Gasteiger partial charge in [-0.2, -0.15) is 0 Å². The van der Waals surface area contributed by atoms with Crippen LogP contribution in [0.5, 0.6) is 0 Å². The number of nitrogens with zero attached hydrogens (tertiary/aromatic N) is 2. The van der Waals surface area contributed by atoms with Gasteiger partial charge in [-0.1, -0.05) is 53.2 Å². The number of hydrogen-bond acceptors (Lipinski definition) is 8. The maximum Gasteiger partial charge on any atom is 0.481 e. The van der Waals surface area contributed by atoms with Crippen molar-refractivity contribution in [1.82, 2.24) is 20.9 Å². The molecule has 3 N–H and O–H groups in total. The highest BCUT2D eigenvalue weighted by Crippen LogP contribution is 2.65. The Hall–Kier alpha value is -3.48. The quantitative estimate of drug-likeness (QED) is 0.244. The number of morpholine rings is 1. The normalized spacial score (nSPS) is 26.1. The van der Waals surface area contributed by atoms with Crippen molar-refractivity contribution in [3.8, 4) is 0 Å². The Morgan fingerprint density at radius 3 is 2.49 bits per heavy atom. The molecular weight excluding hydrogens is 645 g/mol. The third-order valence-corrected chi connectivity index (χ3v) is 11.8. The number of benzene rings is 1. The summed E-state index contributed by atoms with van der Waals surface area (Å²) in [7, 11) is -0.612. The highest BCUT2D eigenvalue weighted by molar-refractivity contribution is 6.48. The van der Waals surface area contributed by atoms with Gasteiger partial charge >= 0.3 is 7.12 Å². The molecule has 11 nitrogen and oxygen atoms in total. The van der Waals surface area contributed by atoms with Gasteiger partial charge in [-0.3, -0.25) is 14.4 Å². The maximum atomic E-state index is 14.2. The van der Waals surface area contributed by atoms with E-state index >= 15 is 0 Å². The molecule has 2 aromatic rings. The van der Waals surface area contributed by atoms with E-state index in [0.717, 1.165) is 56.6 Å². The van der Waals surface area contributed by atoms with E-state index in [0.29, 0.717) is 42.6 Å². The van der Waals surface area contributed by atoms with Crippen LogP contribution in [0.15, 0.2) is 42.6 Å². The lowest BCUT2D eigenvalue weighted by atomic mass is 9.43. The topological polar surface area (TPSA) is 131 Å². The zero-order valence-electron chi connectivity index (χ0n) is 31.2. The number of carbonyl (C=O) groups excluding carboxylic acids is 3. The average molecular weight is 702 g/mol. The Bertz CT molecular complexity index is 1550. The van der Waals surface area contributed by atoms with Crippen LogP contribution in [0.2, 0.25) is 0 Å². The number of pyridine rings is 1. The monoisotopic (exact) mass is 701 g/mol. The predicted molar refractivity (Wildman–Crippen MR) is 197 cm³/mol. The molecule has 1 aromatic heterocycles. The van der Waals surface area contributed by atoms with Crippen molar-refractivity contribution < 1.29 is 28.4 Å². The fourth-order valence-electron chi connectivity index (χ4n) is 8.60. The summed E-state index contributed by atoms with van der Waals surface area (Å²) in [6.07, 6.45) is 7.16. The lowest BCUT2D eigenvalue weighted by Crippen LogP contribution is -2.65. The number of unbranched alkanes of at least 4 members (excludes halogenated alkanes) is 1. The third-order valence-electron chi connectivity index (χ3n) is 11.8. The minimum absolute atomic E-state index is 0.0242. The van der Waals surface area contributed by atoms with Gasteiger partial charge in [0.1, 0.15) is 11.9 Å². The first-order chi connectivity index (χ1) is 24.4. The van der Waals surface area contributed by atoms with E-state index < -0.39 is 30.6 Å². The minimum Gasteiger partial charge on any atom is -0.404 e. The van der Waals surface area contributed by atoms with Gasteiger partial charge in [0.15, 0.2) is 0 Å². The van der Waals surface area contributed by atoms with E-state index in [2.05, 4.69) is 67.4 Å². The molecule has 12 heteroatoms. The number of ether oxygens (including phenoxy) is 1. The van der Waals surface area contributed by atoms with Crippen molar-refractivity contribution in [3.63, 3.8) is 0 Å². The summed E-state index contributed by atoms with van der Waals surface area (Å²) in [6.45, 7) is 15.8. The molecule has 3 saturated carbocycles. The van der Waals surface area contributed by atoms with E-state index in [9.17, 15) is 14.4 Å². The third kappa shape index (κ3) is 8.13. The summed E-state index contributed by atoms with van der Waals surface area (Å²) < 4.78 is 18.8. The van der Waals surface area contributed by atoms with Gasteiger partial charge in [0.2, 0.25) is 5.91 Å². The van der Waals surface area contributed by atoms with Gasteiger partial charge in [0, 0.05) is 31.4 Å². The smallest absolute Gasteiger partial charge is 0.404 e. The summed E-state index contributed by atoms with van der Waals surface area (Å²) in [5.74, 6) is 0.409. The molecule has 2 saturated heterocycles. The van der Waals surface area contributed by atoms with Crippen molar-refractivity contribution in [3.05, 3.63) is 59.3 Å². The minimum atomic E-state index is -1.05. The molecule has 0 unspecified atom stereocenters. The van der Waals surface area contributed by atoms with Crippen LogP contribution in [-0.2, 0) is 25.3 Å². The molecule has 5 aliphatic rings. The molecule has 2 bridgehead atoms. The van der Waals surface area contributed by atoms with E-state index in [4.69, 9.17) is 14.0 Å². The molecule has 3 aliphatic carbocycles. The van der Waals surface area contributed by atoms with Gasteiger partial charge < -0.3 is 34.9 Å². The summed E-state index contributed by atoms with van der Waals surface area (Å²) in [6, 6.07) is 9.98. The van der Waals surface area contributed by atoms with Crippen LogP contribution in [0.25, 0.3) is 0 Å². The Labute approximate surface area is 303 Å². The van der Waals surface area contributed by atoms with Crippen molar-refractivity contribution in [2.24, 2.45) is 23.2 Å². The molecule has 1 aromatic carbocycles. The van der Waals surface area contributed by atoms with Gasteiger partial charge in [0.25, 0.3) is 11.8 Å². The highest BCUT2D eigenvalue weighted by Gasteiger charge is 2.68. The summed E-state index contributed by atoms with van der Waals surface area (Å²) >= 11 is 0. The first kappa shape index (κ1) is 37.3. The van der Waals surface area contributed by atoms with Crippen LogP contribution in [0.4, 0.5) is 5.82 Å². The molecule has 51 heavy (non-hydrogen) atoms. The maximum absolute atomic E-state index is 14.2. The molecule has 0 radical (unpaired) electrons. The molecule has 3 amide bonds. The molecule has 7 rings (SSSR count). The summed E-state index contributed by atoms with van der Waals surface area (Å²) in [5.41, 5.74) is 1.67. The first-order valence-electron chi connectivity index (χ1n) is 19.0. The number of carbonyl (C=O) groups is 3. The summed E-state index contributed by atoms with van der Waals surface area (Å²) in [4.78, 5) is 47.8. The Morgan fingerprint density at radius 1 is 1.02 bits per heavy atom. The number of nitrogens with one attached hydrogen (secondary N) is 3. The SMILES string of the molecule is CCCCc1cccc(C(=O)N[C@@H](CNC(=O)c2ccc(N3CCOCC3)nc2)C(=O)N[C@@H](CC(C)C)B2O[C@@H]3C[C@H]4C[C@H](C4(C)C)[C@]3(C)O2)c1. The van der Waals surface area contributed by atoms with Crippen molar-refractivity contribution in [1.29, 1.82) is 0 Å². The molecule has 276 valence electrons. The van der Waals surface area contributed by atoms with Crippen LogP contribution in [0, 0.1) is 23.2 Å². The standard InChI is InChI=1S/C39H56BN5O6/c1-7-8-10-26-11-9-12-27(20-26)36(47)43-30(24-42-35(46)28-13-14-34(41-23-28)45-15-17-49-18-16-45)37(48)44-33(19-25(2)3)40-50-32-22-29-21-31(38(29,4)5)39(32,6)51-40/h9,11-14,20,23,25,29-33H,7-8,10,15-19,21-22,24H2,1-6H3,(H,42,46)(H,43,47)(H,44,48)/t29-,30+,31-,32-,33+,39+/m1/s1. The highest BCUT2D eigenvalue weighted by atomic mass is 16.7. The lowest BCUT2D eigenvalue weighted by molar-refractivity contribution is -0.199. The van der Waals surface area contributed by atoms with Crippen molar-refractivity contribution in [2.45, 2.75) is 104 Å². The number of anilines is 1. The van der Waals surface area contributed by atoms with Crippen molar-refractivity contribution >= 4 is 30.7 Å². The van der Waals surface area contributed by atoms with Gasteiger partial charge in [-0.15, -0.1) is 0 Å². The number of rotatable bonds is 14. The molecule has 0 spiro atoms. The predicted octanol–water partition coefficient (Wildman–Crippen LogP) is 4.59. The van der Waals surface area contributed by atoms with Crippen LogP contribution in [0.3, 0.4) is 0 Å². The second-order valence-electron chi connectivity index (χ2n) is 16.1. The Kier molecular flexibility index (Phi) is 11.4. The number of aromatic nitrogens is 1. The van der Waals surface area contributed by atoms with E-state index in [1.807, 2.05) is 24.3 Å². The van der Waals surface area contributed by atoms with Gasteiger partial charge in [-0.05, 0) is 92.0 Å². The van der Waals surface area contributed by atoms with Gasteiger partial charge in [-0.25, -0.2) is 4.98 Å². The second-order valence-corrected chi connectivity index (χ2v) is 16.1. The molecule has 3 heterocycles. The fourth-order valence-corrected chi connectivity index (χ4v) is 8.60. The van der Waals surface area contributed by atoms with Gasteiger partial charge in [0.05, 0.1) is 36.4 Å². The zero-order chi connectivity index (χ0) is 36.3. The number of hydrogen-bond donors (Lipinski definition) is 3. The van der Waals surface area contributed by atoms with E-state index in [1.54, 1.807) is 12.1 Å². The van der Waals surface area contributed by atoms with Crippen LogP contribution >= 0.6 is 0 Å². The van der Waals surface area contributed by atoms with Crippen molar-refractivity contribution in [2.75, 3.05) is 37.7 Å². The Morgan fingerprint density at radius 2 is 1.80 bits per heavy atom. The average Bonchev–Trinajstić information content (AvgIpc) is 3.49. The van der Waals surface area contributed by atoms with E-state index in [1.165, 1.54) is 6.20 Å². The molecular formula is C39H56BN5O6. The van der Waals surface area contributed by atoms with Crippen LogP contribution in [-0.4, -0.2) is 86.4 Å². The number of amides is 3. The largest absolute Gasteiger partial charge is 0.481 e. The second kappa shape index (κ2) is 15.6. The molecule has 5 fully saturated rings. The zero-order valence-corrected chi connectivity index (χ0v) is 31.2. The molecule has 2 aliphatic heterocycles.